The van der Waals surface area contributed by atoms with Crippen LogP contribution in [0.1, 0.15) is 5.56 Å². The third kappa shape index (κ3) is 4.14. The maximum atomic E-state index is 11.1. The molecule has 1 aromatic rings. The van der Waals surface area contributed by atoms with Gasteiger partial charge in [-0.25, -0.2) is 13.4 Å². The van der Waals surface area contributed by atoms with Gasteiger partial charge in [-0.2, -0.15) is 0 Å². The van der Waals surface area contributed by atoms with Crippen LogP contribution >= 0.6 is 11.6 Å². The van der Waals surface area contributed by atoms with Crippen LogP contribution < -0.4 is 10.6 Å². The fraction of sp³-hybridized carbons (Fsp3) is 0.500. The highest BCUT2D eigenvalue weighted by Crippen LogP contribution is 2.25. The summed E-state index contributed by atoms with van der Waals surface area (Å²) in [7, 11) is -1.24. The van der Waals surface area contributed by atoms with Crippen LogP contribution in [-0.2, 0) is 16.4 Å². The summed E-state index contributed by atoms with van der Waals surface area (Å²) in [5.74, 6) is 0.618. The van der Waals surface area contributed by atoms with E-state index in [-0.39, 0.29) is 5.75 Å². The summed E-state index contributed by atoms with van der Waals surface area (Å²) >= 11 is 6.12. The average Bonchev–Trinajstić information content (AvgIpc) is 2.25. The van der Waals surface area contributed by atoms with Gasteiger partial charge in [-0.05, 0) is 11.6 Å². The van der Waals surface area contributed by atoms with Gasteiger partial charge in [0.2, 0.25) is 0 Å². The Labute approximate surface area is 107 Å². The molecule has 1 rings (SSSR count). The molecule has 0 aromatic carbocycles. The van der Waals surface area contributed by atoms with Gasteiger partial charge in [0.05, 0.1) is 10.8 Å². The maximum Gasteiger partial charge on any atom is 0.149 e. The van der Waals surface area contributed by atoms with Gasteiger partial charge in [-0.1, -0.05) is 11.6 Å². The van der Waals surface area contributed by atoms with Gasteiger partial charge >= 0.3 is 0 Å². The van der Waals surface area contributed by atoms with Gasteiger partial charge < -0.3 is 10.6 Å². The minimum atomic E-state index is -2.99. The molecule has 0 spiro atoms. The van der Waals surface area contributed by atoms with Crippen LogP contribution in [0.4, 0.5) is 5.82 Å². The molecule has 0 unspecified atom stereocenters. The average molecular weight is 278 g/mol. The first-order chi connectivity index (χ1) is 7.85. The highest BCUT2D eigenvalue weighted by atomic mass is 35.5. The second-order valence-electron chi connectivity index (χ2n) is 3.86. The lowest BCUT2D eigenvalue weighted by Crippen LogP contribution is -2.26. The molecule has 5 nitrogen and oxygen atoms in total. The Morgan fingerprint density at radius 2 is 2.18 bits per heavy atom. The summed E-state index contributed by atoms with van der Waals surface area (Å²) in [6.45, 7) is 0.674. The zero-order valence-electron chi connectivity index (χ0n) is 9.85. The lowest BCUT2D eigenvalue weighted by atomic mass is 10.2. The lowest BCUT2D eigenvalue weighted by Gasteiger charge is -2.19. The molecule has 0 saturated heterocycles. The van der Waals surface area contributed by atoms with Crippen molar-refractivity contribution in [2.45, 2.75) is 6.54 Å². The van der Waals surface area contributed by atoms with Crippen LogP contribution in [0, 0.1) is 0 Å². The van der Waals surface area contributed by atoms with E-state index in [9.17, 15) is 8.42 Å². The van der Waals surface area contributed by atoms with Crippen LogP contribution in [0.5, 0.6) is 0 Å². The molecule has 0 saturated carbocycles. The topological polar surface area (TPSA) is 76.3 Å². The summed E-state index contributed by atoms with van der Waals surface area (Å²) in [5.41, 5.74) is 6.33. The van der Waals surface area contributed by atoms with Crippen molar-refractivity contribution in [1.82, 2.24) is 4.98 Å². The van der Waals surface area contributed by atoms with E-state index in [0.717, 1.165) is 5.56 Å². The molecule has 2 N–H and O–H groups in total. The van der Waals surface area contributed by atoms with E-state index >= 15 is 0 Å². The molecule has 0 aliphatic rings. The molecule has 1 aromatic heterocycles. The Kier molecular flexibility index (Phi) is 4.73. The summed E-state index contributed by atoms with van der Waals surface area (Å²) < 4.78 is 22.1. The van der Waals surface area contributed by atoms with Gasteiger partial charge in [0, 0.05) is 32.6 Å². The lowest BCUT2D eigenvalue weighted by molar-refractivity contribution is 0.601. The summed E-state index contributed by atoms with van der Waals surface area (Å²) in [4.78, 5) is 5.84. The van der Waals surface area contributed by atoms with E-state index in [0.29, 0.717) is 23.9 Å². The highest BCUT2D eigenvalue weighted by Gasteiger charge is 2.12. The Morgan fingerprint density at radius 1 is 1.53 bits per heavy atom. The number of hydrogen-bond acceptors (Lipinski definition) is 5. The van der Waals surface area contributed by atoms with Crippen molar-refractivity contribution in [3.63, 3.8) is 0 Å². The van der Waals surface area contributed by atoms with Crippen molar-refractivity contribution in [1.29, 1.82) is 0 Å². The summed E-state index contributed by atoms with van der Waals surface area (Å²) in [6.07, 6.45) is 2.81. The Hall–Kier alpha value is -0.850. The van der Waals surface area contributed by atoms with E-state index < -0.39 is 9.84 Å². The maximum absolute atomic E-state index is 11.1. The molecule has 17 heavy (non-hydrogen) atoms. The predicted molar refractivity (Wildman–Crippen MR) is 70.1 cm³/mol. The predicted octanol–water partition coefficient (Wildman–Crippen LogP) is 0.674. The standard InChI is InChI=1S/C10H16ClN3O2S/c1-14(5-6-17(2,15)16)10-9(11)8(7-12)3-4-13-10/h3-4H,5-7,12H2,1-2H3. The van der Waals surface area contributed by atoms with Gasteiger partial charge in [0.15, 0.2) is 0 Å². The minimum Gasteiger partial charge on any atom is -0.357 e. The number of rotatable bonds is 5. The largest absolute Gasteiger partial charge is 0.357 e. The third-order valence-corrected chi connectivity index (χ3v) is 3.67. The molecule has 0 aliphatic carbocycles. The van der Waals surface area contributed by atoms with Crippen LogP contribution in [0.2, 0.25) is 5.02 Å². The van der Waals surface area contributed by atoms with E-state index in [1.807, 2.05) is 0 Å². The molecule has 7 heteroatoms. The van der Waals surface area contributed by atoms with Gasteiger partial charge in [-0.15, -0.1) is 0 Å². The number of nitrogens with two attached hydrogens (primary N) is 1. The molecule has 0 amide bonds. The Bertz CT molecular complexity index is 490. The number of anilines is 1. The SMILES string of the molecule is CN(CCS(C)(=O)=O)c1nccc(CN)c1Cl. The normalized spacial score (nSPS) is 11.5. The molecular weight excluding hydrogens is 262 g/mol. The van der Waals surface area contributed by atoms with Crippen LogP contribution in [-0.4, -0.2) is 39.0 Å². The Balaban J connectivity index is 2.86. The number of hydrogen-bond donors (Lipinski definition) is 1. The highest BCUT2D eigenvalue weighted by molar-refractivity contribution is 7.90. The van der Waals surface area contributed by atoms with E-state index in [2.05, 4.69) is 4.98 Å². The monoisotopic (exact) mass is 277 g/mol. The second-order valence-corrected chi connectivity index (χ2v) is 6.50. The molecule has 0 radical (unpaired) electrons. The third-order valence-electron chi connectivity index (χ3n) is 2.33. The first kappa shape index (κ1) is 14.2. The van der Waals surface area contributed by atoms with Gasteiger partial charge in [0.25, 0.3) is 0 Å². The van der Waals surface area contributed by atoms with Crippen LogP contribution in [0.25, 0.3) is 0 Å². The van der Waals surface area contributed by atoms with Gasteiger partial charge in [-0.3, -0.25) is 0 Å². The molecule has 1 heterocycles. The zero-order valence-corrected chi connectivity index (χ0v) is 11.4. The first-order valence-electron chi connectivity index (χ1n) is 5.07. The van der Waals surface area contributed by atoms with E-state index in [4.69, 9.17) is 17.3 Å². The van der Waals surface area contributed by atoms with Gasteiger partial charge in [0.1, 0.15) is 15.7 Å². The van der Waals surface area contributed by atoms with Crippen LogP contribution in [0.15, 0.2) is 12.3 Å². The van der Waals surface area contributed by atoms with E-state index in [1.54, 1.807) is 24.2 Å². The van der Waals surface area contributed by atoms with Crippen molar-refractivity contribution < 1.29 is 8.42 Å². The van der Waals surface area contributed by atoms with Crippen molar-refractivity contribution in [2.75, 3.05) is 30.5 Å². The number of sulfone groups is 1. The Morgan fingerprint density at radius 3 is 2.71 bits per heavy atom. The first-order valence-corrected chi connectivity index (χ1v) is 7.51. The smallest absolute Gasteiger partial charge is 0.149 e. The fourth-order valence-corrected chi connectivity index (χ4v) is 2.24. The number of nitrogens with zero attached hydrogens (tertiary/aromatic N) is 2. The molecule has 0 aliphatic heterocycles. The quantitative estimate of drug-likeness (QED) is 0.856. The van der Waals surface area contributed by atoms with Crippen molar-refractivity contribution in [2.24, 2.45) is 5.73 Å². The van der Waals surface area contributed by atoms with Crippen molar-refractivity contribution in [3.8, 4) is 0 Å². The molecule has 0 fully saturated rings. The molecular formula is C10H16ClN3O2S. The number of aromatic nitrogens is 1. The van der Waals surface area contributed by atoms with Crippen molar-refractivity contribution in [3.05, 3.63) is 22.8 Å². The minimum absolute atomic E-state index is 0.0639. The zero-order chi connectivity index (χ0) is 13.1. The second kappa shape index (κ2) is 5.66. The van der Waals surface area contributed by atoms with E-state index in [1.165, 1.54) is 6.26 Å². The number of pyridine rings is 1. The molecule has 0 bridgehead atoms. The fourth-order valence-electron chi connectivity index (χ4n) is 1.30. The van der Waals surface area contributed by atoms with Crippen LogP contribution in [0.3, 0.4) is 0 Å². The van der Waals surface area contributed by atoms with Crippen molar-refractivity contribution >= 4 is 27.3 Å². The summed E-state index contributed by atoms with van der Waals surface area (Å²) in [5, 5.41) is 0.478. The number of halogens is 1. The molecule has 0 atom stereocenters. The molecule has 96 valence electrons. The summed E-state index contributed by atoms with van der Waals surface area (Å²) in [6, 6.07) is 1.75.